The van der Waals surface area contributed by atoms with E-state index in [1.165, 1.54) is 32.1 Å². The number of rotatable bonds is 3. The summed E-state index contributed by atoms with van der Waals surface area (Å²) in [6.45, 7) is 2.22. The van der Waals surface area contributed by atoms with Crippen LogP contribution in [0.2, 0.25) is 0 Å². The molecule has 110 valence electrons. The molecule has 0 aromatic rings. The Kier molecular flexibility index (Phi) is 5.26. The first-order valence-electron chi connectivity index (χ1n) is 8.14. The molecule has 0 amide bonds. The second-order valence-corrected chi connectivity index (χ2v) is 6.53. The monoisotopic (exact) mass is 267 g/mol. The second-order valence-electron chi connectivity index (χ2n) is 6.53. The summed E-state index contributed by atoms with van der Waals surface area (Å²) in [5.74, 6) is 0.622. The molecule has 0 spiro atoms. The summed E-state index contributed by atoms with van der Waals surface area (Å²) in [6, 6.07) is 0. The quantitative estimate of drug-likeness (QED) is 0.628. The fourth-order valence-corrected chi connectivity index (χ4v) is 3.43. The van der Waals surface area contributed by atoms with Gasteiger partial charge in [-0.2, -0.15) is 0 Å². The minimum Gasteiger partial charge on any atom is -0.461 e. The number of carbonyl (C=O) groups excluding carboxylic acids is 1. The molecule has 0 saturated heterocycles. The Balaban J connectivity index is 1.84. The van der Waals surface area contributed by atoms with Gasteiger partial charge < -0.3 is 10.5 Å². The average Bonchev–Trinajstić information content (AvgIpc) is 2.68. The van der Waals surface area contributed by atoms with Gasteiger partial charge in [0.2, 0.25) is 0 Å². The largest absolute Gasteiger partial charge is 0.461 e. The maximum Gasteiger partial charge on any atom is 0.326 e. The predicted octanol–water partition coefficient (Wildman–Crippen LogP) is 3.55. The third-order valence-electron chi connectivity index (χ3n) is 5.06. The Morgan fingerprint density at radius 3 is 2.21 bits per heavy atom. The molecule has 0 bridgehead atoms. The molecule has 0 aliphatic heterocycles. The fraction of sp³-hybridized carbons (Fsp3) is 0.938. The summed E-state index contributed by atoms with van der Waals surface area (Å²) in [5, 5.41) is 0. The van der Waals surface area contributed by atoms with Gasteiger partial charge in [-0.15, -0.1) is 0 Å². The molecule has 0 atom stereocenters. The zero-order valence-corrected chi connectivity index (χ0v) is 12.3. The molecule has 3 heteroatoms. The van der Waals surface area contributed by atoms with Gasteiger partial charge in [-0.05, 0) is 57.3 Å². The zero-order chi connectivity index (χ0) is 13.7. The van der Waals surface area contributed by atoms with Crippen LogP contribution < -0.4 is 5.73 Å². The number of esters is 1. The van der Waals surface area contributed by atoms with Crippen molar-refractivity contribution in [2.45, 2.75) is 89.2 Å². The van der Waals surface area contributed by atoms with Crippen LogP contribution in [0.15, 0.2) is 0 Å². The molecule has 2 aliphatic rings. The van der Waals surface area contributed by atoms with E-state index in [0.717, 1.165) is 44.4 Å². The Hall–Kier alpha value is -0.570. The van der Waals surface area contributed by atoms with Crippen LogP contribution in [0, 0.1) is 5.92 Å². The van der Waals surface area contributed by atoms with E-state index in [4.69, 9.17) is 10.5 Å². The van der Waals surface area contributed by atoms with Gasteiger partial charge in [0.15, 0.2) is 0 Å². The van der Waals surface area contributed by atoms with Crippen LogP contribution in [0.25, 0.3) is 0 Å². The number of carbonyl (C=O) groups is 1. The van der Waals surface area contributed by atoms with E-state index in [1.807, 2.05) is 0 Å². The predicted molar refractivity (Wildman–Crippen MR) is 76.7 cm³/mol. The summed E-state index contributed by atoms with van der Waals surface area (Å²) in [7, 11) is 0. The van der Waals surface area contributed by atoms with Crippen molar-refractivity contribution >= 4 is 5.97 Å². The highest BCUT2D eigenvalue weighted by Gasteiger charge is 2.40. The molecule has 0 unspecified atom stereocenters. The summed E-state index contributed by atoms with van der Waals surface area (Å²) in [5.41, 5.74) is 5.60. The van der Waals surface area contributed by atoms with Crippen molar-refractivity contribution < 1.29 is 9.53 Å². The van der Waals surface area contributed by atoms with E-state index in [9.17, 15) is 4.79 Å². The third-order valence-corrected chi connectivity index (χ3v) is 5.06. The van der Waals surface area contributed by atoms with Crippen molar-refractivity contribution in [2.24, 2.45) is 11.7 Å². The second kappa shape index (κ2) is 6.74. The van der Waals surface area contributed by atoms with Gasteiger partial charge in [0.1, 0.15) is 11.6 Å². The smallest absolute Gasteiger partial charge is 0.326 e. The lowest BCUT2D eigenvalue weighted by Crippen LogP contribution is -2.52. The van der Waals surface area contributed by atoms with Crippen LogP contribution in [-0.4, -0.2) is 17.6 Å². The van der Waals surface area contributed by atoms with Crippen molar-refractivity contribution in [2.75, 3.05) is 0 Å². The molecular weight excluding hydrogens is 238 g/mol. The maximum absolute atomic E-state index is 12.3. The number of nitrogens with two attached hydrogens (primary N) is 1. The highest BCUT2D eigenvalue weighted by atomic mass is 16.5. The standard InChI is InChI=1S/C16H29NO2/c1-2-13-9-11-16(17,12-10-13)15(18)19-14-7-5-3-4-6-8-14/h13-14H,2-12,17H2,1H3. The first-order valence-corrected chi connectivity index (χ1v) is 8.14. The topological polar surface area (TPSA) is 52.3 Å². The minimum atomic E-state index is -0.696. The lowest BCUT2D eigenvalue weighted by Gasteiger charge is -2.35. The Morgan fingerprint density at radius 1 is 1.11 bits per heavy atom. The van der Waals surface area contributed by atoms with Crippen molar-refractivity contribution in [3.8, 4) is 0 Å². The van der Waals surface area contributed by atoms with Crippen molar-refractivity contribution in [3.05, 3.63) is 0 Å². The molecule has 2 N–H and O–H groups in total. The molecule has 2 aliphatic carbocycles. The van der Waals surface area contributed by atoms with Gasteiger partial charge in [0.05, 0.1) is 0 Å². The highest BCUT2D eigenvalue weighted by molar-refractivity contribution is 5.80. The normalized spacial score (nSPS) is 33.7. The highest BCUT2D eigenvalue weighted by Crippen LogP contribution is 2.33. The summed E-state index contributed by atoms with van der Waals surface area (Å²) >= 11 is 0. The Bertz CT molecular complexity index is 287. The molecule has 0 aromatic carbocycles. The average molecular weight is 267 g/mol. The van der Waals surface area contributed by atoms with Gasteiger partial charge in [0.25, 0.3) is 0 Å². The van der Waals surface area contributed by atoms with Gasteiger partial charge in [-0.1, -0.05) is 26.2 Å². The Labute approximate surface area is 117 Å². The molecule has 0 heterocycles. The molecule has 0 radical (unpaired) electrons. The van der Waals surface area contributed by atoms with Crippen LogP contribution in [0.3, 0.4) is 0 Å². The minimum absolute atomic E-state index is 0.124. The number of hydrogen-bond donors (Lipinski definition) is 1. The van der Waals surface area contributed by atoms with Crippen molar-refractivity contribution in [1.82, 2.24) is 0 Å². The van der Waals surface area contributed by atoms with E-state index in [-0.39, 0.29) is 12.1 Å². The SMILES string of the molecule is CCC1CCC(N)(C(=O)OC2CCCCCC2)CC1. The van der Waals surface area contributed by atoms with E-state index < -0.39 is 5.54 Å². The van der Waals surface area contributed by atoms with Crippen LogP contribution >= 0.6 is 0 Å². The van der Waals surface area contributed by atoms with Crippen LogP contribution in [-0.2, 0) is 9.53 Å². The van der Waals surface area contributed by atoms with Crippen LogP contribution in [0.4, 0.5) is 0 Å². The van der Waals surface area contributed by atoms with Gasteiger partial charge in [0, 0.05) is 0 Å². The zero-order valence-electron chi connectivity index (χ0n) is 12.3. The molecule has 0 aromatic heterocycles. The first-order chi connectivity index (χ1) is 9.14. The molecule has 19 heavy (non-hydrogen) atoms. The van der Waals surface area contributed by atoms with E-state index >= 15 is 0 Å². The van der Waals surface area contributed by atoms with E-state index in [2.05, 4.69) is 6.92 Å². The van der Waals surface area contributed by atoms with Crippen molar-refractivity contribution in [1.29, 1.82) is 0 Å². The maximum atomic E-state index is 12.3. The van der Waals surface area contributed by atoms with E-state index in [1.54, 1.807) is 0 Å². The van der Waals surface area contributed by atoms with Gasteiger partial charge in [-0.25, -0.2) is 0 Å². The number of ether oxygens (including phenoxy) is 1. The third kappa shape index (κ3) is 3.95. The van der Waals surface area contributed by atoms with Gasteiger partial charge in [-0.3, -0.25) is 4.79 Å². The summed E-state index contributed by atoms with van der Waals surface area (Å²) in [6.07, 6.45) is 12.1. The molecule has 2 rings (SSSR count). The van der Waals surface area contributed by atoms with Crippen molar-refractivity contribution in [3.63, 3.8) is 0 Å². The lowest BCUT2D eigenvalue weighted by atomic mass is 9.76. The van der Waals surface area contributed by atoms with Gasteiger partial charge >= 0.3 is 5.97 Å². The Morgan fingerprint density at radius 2 is 1.68 bits per heavy atom. The molecule has 3 nitrogen and oxygen atoms in total. The van der Waals surface area contributed by atoms with E-state index in [0.29, 0.717) is 0 Å². The number of hydrogen-bond acceptors (Lipinski definition) is 3. The summed E-state index contributed by atoms with van der Waals surface area (Å²) < 4.78 is 5.72. The van der Waals surface area contributed by atoms with Crippen LogP contribution in [0.1, 0.15) is 77.6 Å². The fourth-order valence-electron chi connectivity index (χ4n) is 3.43. The first kappa shape index (κ1) is 14.8. The molecule has 2 saturated carbocycles. The molecule has 2 fully saturated rings. The lowest BCUT2D eigenvalue weighted by molar-refractivity contribution is -0.158. The molecular formula is C16H29NO2. The summed E-state index contributed by atoms with van der Waals surface area (Å²) in [4.78, 5) is 12.3. The van der Waals surface area contributed by atoms with Crippen LogP contribution in [0.5, 0.6) is 0 Å².